The monoisotopic (exact) mass is 788 g/mol. The Labute approximate surface area is 334 Å². The van der Waals surface area contributed by atoms with Crippen LogP contribution in [-0.4, -0.2) is 67.9 Å². The molecule has 0 spiro atoms. The van der Waals surface area contributed by atoms with Gasteiger partial charge in [0.1, 0.15) is 11.5 Å². The molecule has 13 heteroatoms. The SMILES string of the molecule is CCCCCCOCC(Cc1cc([N+](=O)[O-])ccc1OC(=O)Oc1ccc([N+](=O)[O-])cc1CC(COCCCCCC)OCCCCCC)OCCCCCC. The van der Waals surface area contributed by atoms with E-state index in [1.165, 1.54) is 36.4 Å². The smallest absolute Gasteiger partial charge is 0.394 e. The van der Waals surface area contributed by atoms with Gasteiger partial charge < -0.3 is 28.4 Å². The fourth-order valence-corrected chi connectivity index (χ4v) is 6.15. The van der Waals surface area contributed by atoms with Crippen LogP contribution in [0, 0.1) is 20.2 Å². The molecular weight excluding hydrogens is 720 g/mol. The summed E-state index contributed by atoms with van der Waals surface area (Å²) in [5.41, 5.74) is 0.462. The Morgan fingerprint density at radius 3 is 1.23 bits per heavy atom. The third-order valence-corrected chi connectivity index (χ3v) is 9.39. The van der Waals surface area contributed by atoms with Crippen molar-refractivity contribution in [3.05, 3.63) is 67.8 Å². The fraction of sp³-hybridized carbons (Fsp3) is 0.698. The van der Waals surface area contributed by atoms with E-state index < -0.39 is 28.2 Å². The summed E-state index contributed by atoms with van der Waals surface area (Å²) < 4.78 is 35.8. The summed E-state index contributed by atoms with van der Waals surface area (Å²) in [7, 11) is 0. The van der Waals surface area contributed by atoms with Crippen molar-refractivity contribution < 1.29 is 43.1 Å². The van der Waals surface area contributed by atoms with E-state index in [2.05, 4.69) is 27.7 Å². The second kappa shape index (κ2) is 30.5. The number of nitro groups is 2. The quantitative estimate of drug-likeness (QED) is 0.0218. The van der Waals surface area contributed by atoms with E-state index in [1.807, 2.05) is 0 Å². The molecule has 56 heavy (non-hydrogen) atoms. The highest BCUT2D eigenvalue weighted by Gasteiger charge is 2.23. The van der Waals surface area contributed by atoms with Crippen LogP contribution in [0.1, 0.15) is 142 Å². The molecule has 0 aliphatic rings. The molecule has 0 radical (unpaired) electrons. The Kier molecular flexibility index (Phi) is 26.4. The van der Waals surface area contributed by atoms with Crippen LogP contribution in [0.4, 0.5) is 16.2 Å². The lowest BCUT2D eigenvalue weighted by Crippen LogP contribution is -2.25. The van der Waals surface area contributed by atoms with Gasteiger partial charge in [-0.15, -0.1) is 0 Å². The highest BCUT2D eigenvalue weighted by molar-refractivity contribution is 5.69. The number of ether oxygens (including phenoxy) is 6. The van der Waals surface area contributed by atoms with Crippen LogP contribution < -0.4 is 9.47 Å². The number of benzene rings is 2. The lowest BCUT2D eigenvalue weighted by Gasteiger charge is -2.20. The van der Waals surface area contributed by atoms with Gasteiger partial charge in [0.2, 0.25) is 0 Å². The van der Waals surface area contributed by atoms with Crippen molar-refractivity contribution in [2.75, 3.05) is 39.6 Å². The predicted octanol–water partition coefficient (Wildman–Crippen LogP) is 11.3. The number of nitro benzene ring substituents is 2. The normalized spacial score (nSPS) is 12.4. The Balaban J connectivity index is 2.28. The molecule has 316 valence electrons. The summed E-state index contributed by atoms with van der Waals surface area (Å²) in [6, 6.07) is 8.02. The van der Waals surface area contributed by atoms with Crippen LogP contribution in [-0.2, 0) is 31.8 Å². The van der Waals surface area contributed by atoms with Crippen molar-refractivity contribution in [2.45, 2.75) is 155 Å². The Morgan fingerprint density at radius 1 is 0.536 bits per heavy atom. The molecule has 0 N–H and O–H groups in total. The first-order valence-corrected chi connectivity index (χ1v) is 21.0. The number of carbonyl (C=O) groups excluding carboxylic acids is 1. The number of nitrogens with zero attached hydrogens (tertiary/aromatic N) is 2. The third-order valence-electron chi connectivity index (χ3n) is 9.39. The maximum absolute atomic E-state index is 13.4. The second-order valence-electron chi connectivity index (χ2n) is 14.3. The lowest BCUT2D eigenvalue weighted by atomic mass is 10.1. The van der Waals surface area contributed by atoms with E-state index in [-0.39, 0.29) is 48.9 Å². The number of carbonyl (C=O) groups is 1. The number of rotatable bonds is 34. The molecule has 0 amide bonds. The number of hydrogen-bond acceptors (Lipinski definition) is 11. The van der Waals surface area contributed by atoms with Gasteiger partial charge in [-0.25, -0.2) is 4.79 Å². The molecule has 2 aromatic carbocycles. The predicted molar refractivity (Wildman–Crippen MR) is 218 cm³/mol. The van der Waals surface area contributed by atoms with Gasteiger partial charge in [0.15, 0.2) is 0 Å². The minimum absolute atomic E-state index is 0.0800. The highest BCUT2D eigenvalue weighted by Crippen LogP contribution is 2.30. The zero-order chi connectivity index (χ0) is 40.8. The lowest BCUT2D eigenvalue weighted by molar-refractivity contribution is -0.385. The van der Waals surface area contributed by atoms with E-state index >= 15 is 0 Å². The van der Waals surface area contributed by atoms with Crippen LogP contribution >= 0.6 is 0 Å². The van der Waals surface area contributed by atoms with Crippen LogP contribution in [0.3, 0.4) is 0 Å². The molecule has 0 aliphatic heterocycles. The Bertz CT molecular complexity index is 1290. The summed E-state index contributed by atoms with van der Waals surface area (Å²) in [4.78, 5) is 35.9. The summed E-state index contributed by atoms with van der Waals surface area (Å²) in [6.45, 7) is 11.3. The molecule has 2 atom stereocenters. The molecule has 2 aromatic rings. The van der Waals surface area contributed by atoms with Gasteiger partial charge in [0.05, 0.1) is 35.3 Å². The maximum Gasteiger partial charge on any atom is 0.519 e. The largest absolute Gasteiger partial charge is 0.519 e. The van der Waals surface area contributed by atoms with Gasteiger partial charge in [-0.2, -0.15) is 0 Å². The number of unbranched alkanes of at least 4 members (excludes halogenated alkanes) is 12. The van der Waals surface area contributed by atoms with Crippen molar-refractivity contribution >= 4 is 17.5 Å². The highest BCUT2D eigenvalue weighted by atomic mass is 16.7. The van der Waals surface area contributed by atoms with Crippen molar-refractivity contribution in [1.82, 2.24) is 0 Å². The van der Waals surface area contributed by atoms with E-state index in [4.69, 9.17) is 28.4 Å². The molecule has 2 unspecified atom stereocenters. The zero-order valence-corrected chi connectivity index (χ0v) is 34.5. The molecule has 0 saturated carbocycles. The van der Waals surface area contributed by atoms with Crippen LogP contribution in [0.15, 0.2) is 36.4 Å². The summed E-state index contributed by atoms with van der Waals surface area (Å²) in [5, 5.41) is 23.5. The number of hydrogen-bond donors (Lipinski definition) is 0. The van der Waals surface area contributed by atoms with E-state index in [0.717, 1.165) is 103 Å². The molecule has 0 aromatic heterocycles. The van der Waals surface area contributed by atoms with Crippen molar-refractivity contribution in [3.8, 4) is 11.5 Å². The Hall–Kier alpha value is -3.65. The van der Waals surface area contributed by atoms with Crippen LogP contribution in [0.2, 0.25) is 0 Å². The summed E-state index contributed by atoms with van der Waals surface area (Å²) >= 11 is 0. The first-order valence-electron chi connectivity index (χ1n) is 21.0. The van der Waals surface area contributed by atoms with Crippen LogP contribution in [0.25, 0.3) is 0 Å². The average molecular weight is 789 g/mol. The van der Waals surface area contributed by atoms with Gasteiger partial charge in [-0.3, -0.25) is 20.2 Å². The number of non-ortho nitro benzene ring substituents is 2. The third kappa shape index (κ3) is 21.0. The van der Waals surface area contributed by atoms with Crippen molar-refractivity contribution in [2.24, 2.45) is 0 Å². The molecule has 2 rings (SSSR count). The zero-order valence-electron chi connectivity index (χ0n) is 34.5. The van der Waals surface area contributed by atoms with E-state index in [0.29, 0.717) is 37.6 Å². The van der Waals surface area contributed by atoms with Gasteiger partial charge in [0.25, 0.3) is 11.4 Å². The minimum Gasteiger partial charge on any atom is -0.394 e. The van der Waals surface area contributed by atoms with Crippen molar-refractivity contribution in [3.63, 3.8) is 0 Å². The minimum atomic E-state index is -1.09. The molecule has 13 nitrogen and oxygen atoms in total. The van der Waals surface area contributed by atoms with Gasteiger partial charge >= 0.3 is 6.16 Å². The molecule has 0 saturated heterocycles. The molecule has 0 heterocycles. The van der Waals surface area contributed by atoms with Gasteiger partial charge in [-0.1, -0.05) is 105 Å². The molecule has 0 aliphatic carbocycles. The average Bonchev–Trinajstić information content (AvgIpc) is 3.18. The summed E-state index contributed by atoms with van der Waals surface area (Å²) in [6.07, 6.45) is 15.1. The van der Waals surface area contributed by atoms with Crippen LogP contribution in [0.5, 0.6) is 11.5 Å². The maximum atomic E-state index is 13.4. The van der Waals surface area contributed by atoms with Gasteiger partial charge in [0, 0.05) is 74.7 Å². The van der Waals surface area contributed by atoms with E-state index in [9.17, 15) is 25.0 Å². The molecular formula is C43H68N2O11. The standard InChI is InChI=1S/C43H68N2O11/c1-5-9-13-17-25-51-33-39(53-27-19-15-11-7-3)31-35-29-37(44(47)48)21-23-41(35)55-43(46)56-42-24-22-38(45(49)50)30-36(42)32-40(54-28-20-16-12-8-4)34-52-26-18-14-10-6-2/h21-24,29-30,39-40H,5-20,25-28,31-34H2,1-4H3. The van der Waals surface area contributed by atoms with E-state index in [1.54, 1.807) is 0 Å². The fourth-order valence-electron chi connectivity index (χ4n) is 6.15. The first-order chi connectivity index (χ1) is 27.2. The molecule has 0 bridgehead atoms. The van der Waals surface area contributed by atoms with Crippen molar-refractivity contribution in [1.29, 1.82) is 0 Å². The molecule has 0 fully saturated rings. The Morgan fingerprint density at radius 2 is 0.893 bits per heavy atom. The first kappa shape index (κ1) is 48.5. The second-order valence-corrected chi connectivity index (χ2v) is 14.3. The van der Waals surface area contributed by atoms with Gasteiger partial charge in [-0.05, 0) is 37.8 Å². The summed E-state index contributed by atoms with van der Waals surface area (Å²) in [5.74, 6) is 0.160. The topological polar surface area (TPSA) is 159 Å².